The maximum absolute atomic E-state index is 5.00. The Morgan fingerprint density at radius 2 is 0.872 bits per heavy atom. The lowest BCUT2D eigenvalue weighted by Gasteiger charge is -2.19. The first-order valence-electron chi connectivity index (χ1n) is 13.2. The second-order valence-electron chi connectivity index (χ2n) is 9.90. The van der Waals surface area contributed by atoms with Gasteiger partial charge < -0.3 is 0 Å². The molecule has 182 valence electrons. The molecule has 1 heterocycles. The van der Waals surface area contributed by atoms with Crippen molar-refractivity contribution in [1.82, 2.24) is 4.98 Å². The highest BCUT2D eigenvalue weighted by Crippen LogP contribution is 2.46. The molecule has 8 rings (SSSR count). The number of aromatic nitrogens is 1. The second kappa shape index (κ2) is 8.90. The van der Waals surface area contributed by atoms with Crippen molar-refractivity contribution < 1.29 is 0 Å². The van der Waals surface area contributed by atoms with Crippen molar-refractivity contribution in [2.24, 2.45) is 0 Å². The van der Waals surface area contributed by atoms with E-state index in [1.165, 1.54) is 64.8 Å². The van der Waals surface area contributed by atoms with Crippen LogP contribution >= 0.6 is 11.3 Å². The molecule has 0 unspecified atom stereocenters. The maximum Gasteiger partial charge on any atom is 0.125 e. The van der Waals surface area contributed by atoms with Gasteiger partial charge in [0.25, 0.3) is 0 Å². The van der Waals surface area contributed by atoms with Gasteiger partial charge in [0.15, 0.2) is 0 Å². The van der Waals surface area contributed by atoms with E-state index in [1.807, 2.05) is 0 Å². The van der Waals surface area contributed by atoms with Crippen LogP contribution in [0.25, 0.3) is 75.4 Å². The lowest BCUT2D eigenvalue weighted by Crippen LogP contribution is -1.92. The Labute approximate surface area is 230 Å². The predicted molar refractivity (Wildman–Crippen MR) is 168 cm³/mol. The number of fused-ring (bicyclic) bond motifs is 4. The topological polar surface area (TPSA) is 12.9 Å². The molecule has 0 aliphatic heterocycles. The summed E-state index contributed by atoms with van der Waals surface area (Å²) in [5, 5.41) is 8.63. The molecule has 1 nitrogen and oxygen atoms in total. The summed E-state index contributed by atoms with van der Waals surface area (Å²) >= 11 is 1.76. The standard InChI is InChI=1S/C37H23NS/c1-2-12-24(13-3-1)35-27-16-6-8-18-29(27)36(30-19-9-7-17-28(30)35)31-22-23-32(26-15-5-4-14-25(26)31)37-38-33-20-10-11-21-34(33)39-37/h1-23H. The average molecular weight is 514 g/mol. The van der Waals surface area contributed by atoms with Crippen LogP contribution in [0.5, 0.6) is 0 Å². The van der Waals surface area contributed by atoms with Crippen LogP contribution in [0.1, 0.15) is 0 Å². The molecule has 0 atom stereocenters. The first-order valence-corrected chi connectivity index (χ1v) is 14.1. The number of para-hydroxylation sites is 1. The summed E-state index contributed by atoms with van der Waals surface area (Å²) < 4.78 is 1.22. The molecule has 7 aromatic carbocycles. The number of hydrogen-bond acceptors (Lipinski definition) is 2. The van der Waals surface area contributed by atoms with Crippen molar-refractivity contribution in [3.8, 4) is 32.8 Å². The molecule has 0 bridgehead atoms. The van der Waals surface area contributed by atoms with E-state index in [1.54, 1.807) is 11.3 Å². The lowest BCUT2D eigenvalue weighted by molar-refractivity contribution is 1.49. The van der Waals surface area contributed by atoms with E-state index in [0.29, 0.717) is 0 Å². The molecule has 0 saturated heterocycles. The van der Waals surface area contributed by atoms with Gasteiger partial charge in [-0.25, -0.2) is 4.98 Å². The van der Waals surface area contributed by atoms with Gasteiger partial charge in [0.2, 0.25) is 0 Å². The Morgan fingerprint density at radius 3 is 1.51 bits per heavy atom. The van der Waals surface area contributed by atoms with Gasteiger partial charge in [-0.2, -0.15) is 0 Å². The van der Waals surface area contributed by atoms with E-state index in [9.17, 15) is 0 Å². The zero-order chi connectivity index (χ0) is 25.8. The Hall–Kier alpha value is -4.79. The zero-order valence-corrected chi connectivity index (χ0v) is 22.0. The van der Waals surface area contributed by atoms with Gasteiger partial charge >= 0.3 is 0 Å². The summed E-state index contributed by atoms with van der Waals surface area (Å²) in [5.74, 6) is 0. The Bertz CT molecular complexity index is 2080. The molecule has 8 aromatic rings. The van der Waals surface area contributed by atoms with E-state index in [0.717, 1.165) is 10.5 Å². The monoisotopic (exact) mass is 513 g/mol. The lowest BCUT2D eigenvalue weighted by atomic mass is 9.84. The minimum absolute atomic E-state index is 1.05. The molecule has 0 N–H and O–H groups in total. The van der Waals surface area contributed by atoms with Crippen LogP contribution in [-0.4, -0.2) is 4.98 Å². The molecule has 0 spiro atoms. The molecular formula is C37H23NS. The fourth-order valence-electron chi connectivity index (χ4n) is 6.03. The minimum atomic E-state index is 1.05. The summed E-state index contributed by atoms with van der Waals surface area (Å²) in [4.78, 5) is 5.00. The van der Waals surface area contributed by atoms with Crippen molar-refractivity contribution in [2.45, 2.75) is 0 Å². The highest BCUT2D eigenvalue weighted by Gasteiger charge is 2.19. The Balaban J connectivity index is 1.47. The fourth-order valence-corrected chi connectivity index (χ4v) is 7.03. The van der Waals surface area contributed by atoms with Crippen molar-refractivity contribution in [2.75, 3.05) is 0 Å². The van der Waals surface area contributed by atoms with Crippen LogP contribution in [0.15, 0.2) is 140 Å². The molecule has 39 heavy (non-hydrogen) atoms. The number of thiazole rings is 1. The van der Waals surface area contributed by atoms with Gasteiger partial charge in [-0.15, -0.1) is 11.3 Å². The van der Waals surface area contributed by atoms with Crippen molar-refractivity contribution in [1.29, 1.82) is 0 Å². The molecule has 0 aliphatic rings. The summed E-state index contributed by atoms with van der Waals surface area (Å²) in [5.41, 5.74) is 7.31. The van der Waals surface area contributed by atoms with Crippen LogP contribution in [0.4, 0.5) is 0 Å². The predicted octanol–water partition coefficient (Wildman–Crippen LogP) is 10.8. The van der Waals surface area contributed by atoms with Crippen LogP contribution < -0.4 is 0 Å². The van der Waals surface area contributed by atoms with Gasteiger partial charge in [-0.1, -0.05) is 127 Å². The summed E-state index contributed by atoms with van der Waals surface area (Å²) in [6.07, 6.45) is 0. The van der Waals surface area contributed by atoms with Gasteiger partial charge in [0.05, 0.1) is 10.2 Å². The van der Waals surface area contributed by atoms with E-state index in [4.69, 9.17) is 4.98 Å². The molecule has 0 fully saturated rings. The first-order chi connectivity index (χ1) is 19.4. The Morgan fingerprint density at radius 1 is 0.385 bits per heavy atom. The number of rotatable bonds is 3. The third kappa shape index (κ3) is 3.49. The van der Waals surface area contributed by atoms with Crippen molar-refractivity contribution >= 4 is 53.9 Å². The number of nitrogens with zero attached hydrogens (tertiary/aromatic N) is 1. The van der Waals surface area contributed by atoms with E-state index >= 15 is 0 Å². The maximum atomic E-state index is 5.00. The SMILES string of the molecule is c1ccc(-c2c3ccccc3c(-c3ccc(-c4nc5ccccc5s4)c4ccccc34)c3ccccc23)cc1. The van der Waals surface area contributed by atoms with Crippen LogP contribution in [0, 0.1) is 0 Å². The normalized spacial score (nSPS) is 11.6. The van der Waals surface area contributed by atoms with Crippen molar-refractivity contribution in [3.05, 3.63) is 140 Å². The summed E-state index contributed by atoms with van der Waals surface area (Å²) in [7, 11) is 0. The van der Waals surface area contributed by atoms with Crippen LogP contribution in [-0.2, 0) is 0 Å². The highest BCUT2D eigenvalue weighted by molar-refractivity contribution is 7.21. The van der Waals surface area contributed by atoms with E-state index in [-0.39, 0.29) is 0 Å². The quantitative estimate of drug-likeness (QED) is 0.214. The summed E-state index contributed by atoms with van der Waals surface area (Å²) in [6.45, 7) is 0. The molecular weight excluding hydrogens is 490 g/mol. The van der Waals surface area contributed by atoms with Gasteiger partial charge in [0, 0.05) is 5.56 Å². The number of benzene rings is 7. The van der Waals surface area contributed by atoms with Gasteiger partial charge in [-0.05, 0) is 66.7 Å². The van der Waals surface area contributed by atoms with Gasteiger partial charge in [0.1, 0.15) is 5.01 Å². The minimum Gasteiger partial charge on any atom is -0.236 e. The third-order valence-electron chi connectivity index (χ3n) is 7.71. The average Bonchev–Trinajstić information content (AvgIpc) is 3.44. The molecule has 1 aromatic heterocycles. The highest BCUT2D eigenvalue weighted by atomic mass is 32.1. The van der Waals surface area contributed by atoms with Crippen LogP contribution in [0.2, 0.25) is 0 Å². The van der Waals surface area contributed by atoms with E-state index < -0.39 is 0 Å². The Kier molecular flexibility index (Phi) is 5.07. The van der Waals surface area contributed by atoms with E-state index in [2.05, 4.69) is 140 Å². The van der Waals surface area contributed by atoms with Gasteiger partial charge in [-0.3, -0.25) is 0 Å². The molecule has 0 aliphatic carbocycles. The third-order valence-corrected chi connectivity index (χ3v) is 8.78. The summed E-state index contributed by atoms with van der Waals surface area (Å²) in [6, 6.07) is 50.2. The van der Waals surface area contributed by atoms with Crippen molar-refractivity contribution in [3.63, 3.8) is 0 Å². The second-order valence-corrected chi connectivity index (χ2v) is 10.9. The largest absolute Gasteiger partial charge is 0.236 e. The molecule has 2 heteroatoms. The van der Waals surface area contributed by atoms with Crippen LogP contribution in [0.3, 0.4) is 0 Å². The fraction of sp³-hybridized carbons (Fsp3) is 0. The molecule has 0 radical (unpaired) electrons. The smallest absolute Gasteiger partial charge is 0.125 e. The zero-order valence-electron chi connectivity index (χ0n) is 21.1. The first kappa shape index (κ1) is 22.2. The number of hydrogen-bond donors (Lipinski definition) is 0. The molecule has 0 saturated carbocycles. The molecule has 0 amide bonds.